The van der Waals surface area contributed by atoms with E-state index in [1.807, 2.05) is 146 Å². The van der Waals surface area contributed by atoms with Crippen LogP contribution in [-0.2, 0) is 0 Å². The zero-order valence-electron chi connectivity index (χ0n) is 67.5. The fourth-order valence-electron chi connectivity index (χ4n) is 19.5. The lowest BCUT2D eigenvalue weighted by atomic mass is 9.99. The van der Waals surface area contributed by atoms with E-state index in [-0.39, 0.29) is 0 Å². The molecule has 0 bridgehead atoms. The molecule has 0 atom stereocenters. The number of benzene rings is 18. The Morgan fingerprint density at radius 2 is 0.437 bits per heavy atom. The van der Waals surface area contributed by atoms with Gasteiger partial charge in [-0.3, -0.25) is 0 Å². The van der Waals surface area contributed by atoms with Crippen LogP contribution in [0, 0.1) is 0 Å². The van der Waals surface area contributed by atoms with E-state index in [4.69, 9.17) is 38.7 Å². The number of furan rings is 2. The summed E-state index contributed by atoms with van der Waals surface area (Å²) in [6.07, 6.45) is 0. The molecule has 0 saturated carbocycles. The lowest BCUT2D eigenvalue weighted by Crippen LogP contribution is -2.00. The van der Waals surface area contributed by atoms with Crippen molar-refractivity contribution < 1.29 is 8.83 Å². The van der Waals surface area contributed by atoms with Crippen molar-refractivity contribution in [3.05, 3.63) is 413 Å². The van der Waals surface area contributed by atoms with Gasteiger partial charge in [-0.2, -0.15) is 0 Å². The molecule has 8 heterocycles. The van der Waals surface area contributed by atoms with Crippen LogP contribution in [0.1, 0.15) is 0 Å². The number of fused-ring (bicyclic) bond motifs is 18. The lowest BCUT2D eigenvalue weighted by Gasteiger charge is -2.12. The predicted molar refractivity (Wildman–Crippen MR) is 514 cm³/mol. The Balaban J connectivity index is 0.566. The summed E-state index contributed by atoms with van der Waals surface area (Å²) in [6.45, 7) is 0. The van der Waals surface area contributed by atoms with Crippen LogP contribution in [0.4, 0.5) is 0 Å². The summed E-state index contributed by atoms with van der Waals surface area (Å²) in [5.41, 5.74) is 28.2. The Morgan fingerprint density at radius 3 is 0.857 bits per heavy atom. The Kier molecular flexibility index (Phi) is 15.8. The van der Waals surface area contributed by atoms with E-state index in [2.05, 4.69) is 285 Å². The number of rotatable bonds is 13. The zero-order valence-corrected chi connectivity index (χ0v) is 67.5. The maximum absolute atomic E-state index is 6.73. The summed E-state index contributed by atoms with van der Waals surface area (Å²) in [4.78, 5) is 30.8. The molecule has 26 rings (SSSR count). The molecule has 0 aliphatic heterocycles. The van der Waals surface area contributed by atoms with E-state index in [1.54, 1.807) is 0 Å². The molecule has 0 aliphatic carbocycles. The molecule has 12 heteroatoms. The smallest absolute Gasteiger partial charge is 0.164 e. The van der Waals surface area contributed by atoms with Crippen molar-refractivity contribution in [1.29, 1.82) is 0 Å². The largest absolute Gasteiger partial charge is 0.456 e. The molecule has 12 nitrogen and oxygen atoms in total. The number of hydrogen-bond donors (Lipinski definition) is 0. The standard InChI is InChI=1S/C114H68N10O2/c1-6-25-69(26-7-1)109-115-110(70-27-8-2-9-28-70)118-113(117-109)88-40-23-45-105-107(88)93-67-81(52-59-103(93)125-105)122-97-44-21-18-39-85(97)90-62-75(50-56-98(90)122)77-47-54-86-83-37-16-19-42-95(83)123(101(86)65-77)80-36-22-33-73(61-80)74-49-57-99-91(63-74)92-64-76(51-58-100(92)121(99)79-34-14-5-15-35-79)78-48-55-87-84-38-17-20-43-96(84)124(102(87)66-78)82-53-60-104-94(68-82)108-89(41-24-46-106(108)126-104)114-119-111(71-29-10-3-11-30-71)116-112(120-114)72-31-12-4-13-32-72/h1-68H. The van der Waals surface area contributed by atoms with Gasteiger partial charge < -0.3 is 27.1 Å². The summed E-state index contributed by atoms with van der Waals surface area (Å²) in [5, 5.41) is 13.2. The zero-order chi connectivity index (χ0) is 82.6. The average Bonchev–Trinajstić information content (AvgIpc) is 1.58. The molecule has 0 aliphatic rings. The second kappa shape index (κ2) is 28.2. The number of nitrogens with zero attached hydrogens (tertiary/aromatic N) is 10. The van der Waals surface area contributed by atoms with Gasteiger partial charge in [0.1, 0.15) is 22.3 Å². The summed E-state index contributed by atoms with van der Waals surface area (Å²) in [5.74, 6) is 3.55. The minimum Gasteiger partial charge on any atom is -0.456 e. The normalized spacial score (nSPS) is 12.0. The number of hydrogen-bond acceptors (Lipinski definition) is 8. The monoisotopic (exact) mass is 1610 g/mol. The predicted octanol–water partition coefficient (Wildman–Crippen LogP) is 29.2. The fraction of sp³-hybridized carbons (Fsp3) is 0. The fourth-order valence-corrected chi connectivity index (χ4v) is 19.5. The van der Waals surface area contributed by atoms with Crippen molar-refractivity contribution >= 4 is 131 Å². The molecule has 0 amide bonds. The van der Waals surface area contributed by atoms with E-state index < -0.39 is 0 Å². The molecule has 586 valence electrons. The quantitative estimate of drug-likeness (QED) is 0.112. The number of aromatic nitrogens is 10. The molecule has 0 radical (unpaired) electrons. The molecule has 0 saturated heterocycles. The molecule has 0 fully saturated rings. The second-order valence-corrected chi connectivity index (χ2v) is 32.4. The molecular weight excluding hydrogens is 1540 g/mol. The van der Waals surface area contributed by atoms with Crippen molar-refractivity contribution in [2.75, 3.05) is 0 Å². The van der Waals surface area contributed by atoms with Gasteiger partial charge in [-0.05, 0) is 173 Å². The highest BCUT2D eigenvalue weighted by Gasteiger charge is 2.26. The van der Waals surface area contributed by atoms with E-state index in [9.17, 15) is 0 Å². The van der Waals surface area contributed by atoms with Crippen LogP contribution in [0.15, 0.2) is 421 Å². The van der Waals surface area contributed by atoms with Crippen LogP contribution >= 0.6 is 0 Å². The van der Waals surface area contributed by atoms with E-state index in [1.165, 1.54) is 16.2 Å². The average molecular weight is 1610 g/mol. The molecule has 18 aromatic carbocycles. The van der Waals surface area contributed by atoms with Gasteiger partial charge in [0, 0.05) is 121 Å². The minimum atomic E-state index is 0.569. The molecule has 26 aromatic rings. The highest BCUT2D eigenvalue weighted by atomic mass is 16.3. The van der Waals surface area contributed by atoms with E-state index in [0.717, 1.165) is 204 Å². The van der Waals surface area contributed by atoms with Crippen molar-refractivity contribution in [2.45, 2.75) is 0 Å². The Labute approximate surface area is 720 Å². The molecule has 0 unspecified atom stereocenters. The van der Waals surface area contributed by atoms with Crippen LogP contribution in [0.3, 0.4) is 0 Å². The van der Waals surface area contributed by atoms with Crippen molar-refractivity contribution in [3.8, 4) is 124 Å². The summed E-state index contributed by atoms with van der Waals surface area (Å²) >= 11 is 0. The maximum atomic E-state index is 6.73. The van der Waals surface area contributed by atoms with Gasteiger partial charge in [0.25, 0.3) is 0 Å². The van der Waals surface area contributed by atoms with E-state index in [0.29, 0.717) is 34.9 Å². The van der Waals surface area contributed by atoms with E-state index >= 15 is 0 Å². The number of para-hydroxylation sites is 4. The van der Waals surface area contributed by atoms with Crippen molar-refractivity contribution in [3.63, 3.8) is 0 Å². The van der Waals surface area contributed by atoms with Gasteiger partial charge in [-0.15, -0.1) is 0 Å². The summed E-state index contributed by atoms with van der Waals surface area (Å²) < 4.78 is 23.1. The van der Waals surface area contributed by atoms with Gasteiger partial charge in [0.2, 0.25) is 0 Å². The highest BCUT2D eigenvalue weighted by Crippen LogP contribution is 2.47. The third-order valence-corrected chi connectivity index (χ3v) is 25.3. The van der Waals surface area contributed by atoms with Gasteiger partial charge in [-0.1, -0.05) is 273 Å². The van der Waals surface area contributed by atoms with Crippen LogP contribution < -0.4 is 0 Å². The maximum Gasteiger partial charge on any atom is 0.164 e. The van der Waals surface area contributed by atoms with Gasteiger partial charge in [-0.25, -0.2) is 29.9 Å². The molecule has 0 N–H and O–H groups in total. The van der Waals surface area contributed by atoms with Crippen LogP contribution in [0.25, 0.3) is 256 Å². The van der Waals surface area contributed by atoms with Crippen LogP contribution in [0.5, 0.6) is 0 Å². The molecular formula is C114H68N10O2. The Bertz CT molecular complexity index is 8860. The lowest BCUT2D eigenvalue weighted by molar-refractivity contribution is 0.668. The van der Waals surface area contributed by atoms with Crippen LogP contribution in [-0.4, -0.2) is 48.2 Å². The first-order valence-electron chi connectivity index (χ1n) is 42.4. The molecule has 0 spiro atoms. The van der Waals surface area contributed by atoms with Crippen molar-refractivity contribution in [2.24, 2.45) is 0 Å². The molecule has 126 heavy (non-hydrogen) atoms. The summed E-state index contributed by atoms with van der Waals surface area (Å²) in [6, 6.07) is 147. The van der Waals surface area contributed by atoms with Gasteiger partial charge in [0.05, 0.1) is 44.1 Å². The Hall–Kier alpha value is -17.2. The minimum absolute atomic E-state index is 0.569. The van der Waals surface area contributed by atoms with Crippen molar-refractivity contribution in [1.82, 2.24) is 48.2 Å². The van der Waals surface area contributed by atoms with Gasteiger partial charge in [0.15, 0.2) is 34.9 Å². The SMILES string of the molecule is c1ccc(-c2nc(-c3ccccc3)nc(-c3cccc4oc5ccc(-n6c7ccccc7c7cc(-c8ccc9c%10ccccc%10n(-c%10cccc(-c%11ccc%12c(c%11)c%11cc(-c%13ccc%14c%15ccccc%15n(-c%15ccc%16oc%17cccc(-c%18nc(-c%19ccccc%19)nc(-c%19ccccc%19)n%18)c%17c%16c%15)c%14c%13)ccc%11n%12-c%11ccccc%11)c%10)c9c8)ccc76)cc5c34)n2)cc1. The third-order valence-electron chi connectivity index (χ3n) is 25.3. The molecule has 8 aromatic heterocycles. The highest BCUT2D eigenvalue weighted by molar-refractivity contribution is 6.18. The third kappa shape index (κ3) is 11.3. The second-order valence-electron chi connectivity index (χ2n) is 32.4. The topological polar surface area (TPSA) is 123 Å². The summed E-state index contributed by atoms with van der Waals surface area (Å²) in [7, 11) is 0. The Morgan fingerprint density at radius 1 is 0.151 bits per heavy atom. The first kappa shape index (κ1) is 70.6. The van der Waals surface area contributed by atoms with Crippen LogP contribution in [0.2, 0.25) is 0 Å². The first-order chi connectivity index (χ1) is 62.4. The first-order valence-corrected chi connectivity index (χ1v) is 42.4. The van der Waals surface area contributed by atoms with Gasteiger partial charge >= 0.3 is 0 Å².